The number of aryl methyl sites for hydroxylation is 1. The predicted molar refractivity (Wildman–Crippen MR) is 93.4 cm³/mol. The molecule has 0 saturated carbocycles. The van der Waals surface area contributed by atoms with Crippen molar-refractivity contribution in [3.05, 3.63) is 27.1 Å². The Balaban J connectivity index is 2.07. The lowest BCUT2D eigenvalue weighted by atomic mass is 10.3. The molecule has 0 aromatic carbocycles. The molecule has 2 heterocycles. The van der Waals surface area contributed by atoms with E-state index in [0.29, 0.717) is 22.4 Å². The van der Waals surface area contributed by atoms with Crippen molar-refractivity contribution in [1.29, 1.82) is 0 Å². The van der Waals surface area contributed by atoms with Crippen LogP contribution in [0.4, 0.5) is 5.13 Å². The summed E-state index contributed by atoms with van der Waals surface area (Å²) in [6.45, 7) is 4.11. The van der Waals surface area contributed by atoms with Crippen LogP contribution < -0.4 is 10.9 Å². The quantitative estimate of drug-likeness (QED) is 0.539. The van der Waals surface area contributed by atoms with Gasteiger partial charge in [-0.15, -0.1) is 10.2 Å². The molecule has 0 aliphatic heterocycles. The maximum atomic E-state index is 12.4. The number of rotatable bonds is 8. The maximum Gasteiger partial charge on any atom is 0.251 e. The first-order chi connectivity index (χ1) is 11.5. The van der Waals surface area contributed by atoms with Gasteiger partial charge in [-0.1, -0.05) is 36.9 Å². The number of thioether (sulfide) groups is 1. The number of ether oxygens (including phenoxy) is 1. The third kappa shape index (κ3) is 5.11. The monoisotopic (exact) mass is 369 g/mol. The topological polar surface area (TPSA) is 110 Å². The summed E-state index contributed by atoms with van der Waals surface area (Å²) >= 11 is 2.56. The van der Waals surface area contributed by atoms with Gasteiger partial charge < -0.3 is 9.72 Å². The molecular formula is C14H19N5O3S2. The van der Waals surface area contributed by atoms with Crippen LogP contribution in [-0.2, 0) is 22.6 Å². The molecule has 0 saturated heterocycles. The molecule has 1 amide bonds. The Labute approximate surface area is 147 Å². The van der Waals surface area contributed by atoms with Crippen molar-refractivity contribution < 1.29 is 9.53 Å². The molecule has 0 fully saturated rings. The van der Waals surface area contributed by atoms with Crippen LogP contribution in [-0.4, -0.2) is 38.4 Å². The lowest BCUT2D eigenvalue weighted by Gasteiger charge is -2.12. The fourth-order valence-corrected chi connectivity index (χ4v) is 3.47. The first-order valence-corrected chi connectivity index (χ1v) is 9.14. The molecule has 2 aromatic rings. The smallest absolute Gasteiger partial charge is 0.251 e. The van der Waals surface area contributed by atoms with Gasteiger partial charge in [-0.05, 0) is 12.8 Å². The number of H-pyrrole nitrogens is 1. The van der Waals surface area contributed by atoms with E-state index in [2.05, 4.69) is 25.5 Å². The van der Waals surface area contributed by atoms with Gasteiger partial charge in [-0.2, -0.15) is 0 Å². The third-order valence-electron chi connectivity index (χ3n) is 2.98. The van der Waals surface area contributed by atoms with E-state index in [9.17, 15) is 9.59 Å². The van der Waals surface area contributed by atoms with E-state index in [-0.39, 0.29) is 18.1 Å². The number of nitrogens with zero attached hydrogens (tertiary/aromatic N) is 3. The van der Waals surface area contributed by atoms with Gasteiger partial charge in [0.15, 0.2) is 5.16 Å². The highest BCUT2D eigenvalue weighted by Crippen LogP contribution is 2.24. The number of hydrogen-bond acceptors (Lipinski definition) is 8. The lowest BCUT2D eigenvalue weighted by Crippen LogP contribution is -2.25. The molecule has 0 aliphatic rings. The van der Waals surface area contributed by atoms with Crippen molar-refractivity contribution in [1.82, 2.24) is 20.2 Å². The number of amides is 1. The fourth-order valence-electron chi connectivity index (χ4n) is 1.85. The zero-order valence-electron chi connectivity index (χ0n) is 13.7. The molecule has 1 unspecified atom stereocenters. The highest BCUT2D eigenvalue weighted by atomic mass is 32.2. The number of carbonyl (C=O) groups is 1. The molecular weight excluding hydrogens is 350 g/mol. The van der Waals surface area contributed by atoms with Gasteiger partial charge in [0.05, 0.1) is 17.6 Å². The van der Waals surface area contributed by atoms with Crippen LogP contribution in [0.2, 0.25) is 0 Å². The Hall–Kier alpha value is -1.78. The lowest BCUT2D eigenvalue weighted by molar-refractivity contribution is -0.115. The normalized spacial score (nSPS) is 12.1. The van der Waals surface area contributed by atoms with Gasteiger partial charge in [0.1, 0.15) is 5.01 Å². The highest BCUT2D eigenvalue weighted by molar-refractivity contribution is 8.00. The van der Waals surface area contributed by atoms with Crippen molar-refractivity contribution in [3.63, 3.8) is 0 Å². The van der Waals surface area contributed by atoms with Crippen LogP contribution >= 0.6 is 23.1 Å². The van der Waals surface area contributed by atoms with Crippen molar-refractivity contribution in [2.24, 2.45) is 0 Å². The zero-order valence-corrected chi connectivity index (χ0v) is 15.3. The summed E-state index contributed by atoms with van der Waals surface area (Å²) < 4.78 is 4.99. The second-order valence-electron chi connectivity index (χ2n) is 4.83. The molecule has 2 N–H and O–H groups in total. The van der Waals surface area contributed by atoms with Crippen LogP contribution in [0.15, 0.2) is 16.0 Å². The van der Waals surface area contributed by atoms with Gasteiger partial charge in [0, 0.05) is 13.2 Å². The second kappa shape index (κ2) is 8.90. The first kappa shape index (κ1) is 18.6. The maximum absolute atomic E-state index is 12.4. The Bertz CT molecular complexity index is 746. The number of anilines is 1. The van der Waals surface area contributed by atoms with E-state index in [1.807, 2.05) is 13.8 Å². The summed E-state index contributed by atoms with van der Waals surface area (Å²) in [5, 5.41) is 12.0. The summed E-state index contributed by atoms with van der Waals surface area (Å²) in [6, 6.07) is 1.38. The summed E-state index contributed by atoms with van der Waals surface area (Å²) in [5.74, 6) is -0.193. The van der Waals surface area contributed by atoms with E-state index in [0.717, 1.165) is 11.4 Å². The zero-order chi connectivity index (χ0) is 17.5. The number of aromatic nitrogens is 4. The summed E-state index contributed by atoms with van der Waals surface area (Å²) in [4.78, 5) is 31.0. The Morgan fingerprint density at radius 3 is 2.88 bits per heavy atom. The molecule has 0 radical (unpaired) electrons. The summed E-state index contributed by atoms with van der Waals surface area (Å²) in [5.41, 5.74) is 0.252. The van der Waals surface area contributed by atoms with Crippen LogP contribution in [0.25, 0.3) is 0 Å². The van der Waals surface area contributed by atoms with Crippen molar-refractivity contribution in [2.45, 2.75) is 43.7 Å². The fraction of sp³-hybridized carbons (Fsp3) is 0.500. The van der Waals surface area contributed by atoms with Crippen molar-refractivity contribution in [3.8, 4) is 0 Å². The second-order valence-corrected chi connectivity index (χ2v) is 7.09. The molecule has 2 aromatic heterocycles. The van der Waals surface area contributed by atoms with Crippen LogP contribution in [0.3, 0.4) is 0 Å². The standard InChI is InChI=1S/C14H19N5O3S2/c1-4-9(12(21)17-14-19-18-11(5-2)24-14)23-13-15-8(7-22-3)6-10(20)16-13/h6,9H,4-5,7H2,1-3H3,(H,15,16,20)(H,17,19,21). The van der Waals surface area contributed by atoms with Crippen molar-refractivity contribution in [2.75, 3.05) is 12.4 Å². The molecule has 130 valence electrons. The van der Waals surface area contributed by atoms with Crippen LogP contribution in [0.5, 0.6) is 0 Å². The summed E-state index contributed by atoms with van der Waals surface area (Å²) in [7, 11) is 1.53. The number of nitrogens with one attached hydrogen (secondary N) is 2. The van der Waals surface area contributed by atoms with Gasteiger partial charge in [0.2, 0.25) is 11.0 Å². The number of methoxy groups -OCH3 is 1. The number of hydrogen-bond donors (Lipinski definition) is 2. The predicted octanol–water partition coefficient (Wildman–Crippen LogP) is 1.84. The van der Waals surface area contributed by atoms with E-state index in [1.165, 1.54) is 36.3 Å². The van der Waals surface area contributed by atoms with Gasteiger partial charge in [-0.3, -0.25) is 14.9 Å². The Morgan fingerprint density at radius 1 is 1.46 bits per heavy atom. The molecule has 8 nitrogen and oxygen atoms in total. The molecule has 24 heavy (non-hydrogen) atoms. The van der Waals surface area contributed by atoms with E-state index in [1.54, 1.807) is 0 Å². The molecule has 1 atom stereocenters. The average Bonchev–Trinajstić information content (AvgIpc) is 3.00. The Kier molecular flexibility index (Phi) is 6.88. The molecule has 0 spiro atoms. The molecule has 2 rings (SSSR count). The highest BCUT2D eigenvalue weighted by Gasteiger charge is 2.21. The van der Waals surface area contributed by atoms with Crippen molar-refractivity contribution >= 4 is 34.1 Å². The third-order valence-corrected chi connectivity index (χ3v) is 5.21. The van der Waals surface area contributed by atoms with Gasteiger partial charge >= 0.3 is 0 Å². The van der Waals surface area contributed by atoms with Gasteiger partial charge in [-0.25, -0.2) is 4.98 Å². The first-order valence-electron chi connectivity index (χ1n) is 7.44. The van der Waals surface area contributed by atoms with E-state index in [4.69, 9.17) is 4.74 Å². The SMILES string of the molecule is CCc1nnc(NC(=O)C(CC)Sc2nc(COC)cc(=O)[nH]2)s1. The number of aromatic amines is 1. The van der Waals surface area contributed by atoms with E-state index >= 15 is 0 Å². The van der Waals surface area contributed by atoms with Crippen LogP contribution in [0.1, 0.15) is 31.0 Å². The summed E-state index contributed by atoms with van der Waals surface area (Å²) in [6.07, 6.45) is 1.35. The average molecular weight is 369 g/mol. The largest absolute Gasteiger partial charge is 0.378 e. The minimum absolute atomic E-state index is 0.193. The Morgan fingerprint density at radius 2 is 2.25 bits per heavy atom. The number of carbonyl (C=O) groups excluding carboxylic acids is 1. The van der Waals surface area contributed by atoms with Crippen LogP contribution in [0, 0.1) is 0 Å². The van der Waals surface area contributed by atoms with Gasteiger partial charge in [0.25, 0.3) is 5.56 Å². The molecule has 0 bridgehead atoms. The minimum Gasteiger partial charge on any atom is -0.378 e. The molecule has 10 heteroatoms. The minimum atomic E-state index is -0.403. The molecule has 0 aliphatic carbocycles. The van der Waals surface area contributed by atoms with E-state index < -0.39 is 5.25 Å².